The number of benzene rings is 1. The number of nitrogens with zero attached hydrogens (tertiary/aromatic N) is 5. The van der Waals surface area contributed by atoms with E-state index in [4.69, 9.17) is 0 Å². The Bertz CT molecular complexity index is 378. The highest BCUT2D eigenvalue weighted by molar-refractivity contribution is 5.34. The van der Waals surface area contributed by atoms with E-state index in [1.807, 2.05) is 30.3 Å². The van der Waals surface area contributed by atoms with Gasteiger partial charge < -0.3 is 0 Å². The van der Waals surface area contributed by atoms with Gasteiger partial charge in [-0.05, 0) is 22.6 Å². The summed E-state index contributed by atoms with van der Waals surface area (Å²) in [6.07, 6.45) is 3.16. The molecular formula is C8H7N5. The molecule has 64 valence electrons. The van der Waals surface area contributed by atoms with Gasteiger partial charge in [0.15, 0.2) is 0 Å². The summed E-state index contributed by atoms with van der Waals surface area (Å²) in [7, 11) is 0. The van der Waals surface area contributed by atoms with Gasteiger partial charge >= 0.3 is 0 Å². The lowest BCUT2D eigenvalue weighted by Crippen LogP contribution is -1.86. The molecule has 1 aromatic heterocycles. The standard InChI is InChI=1S/C8H7N5/c1-2-4-8(5-3-1)10-12-13-7-6-9-11-13/h1-7H. The highest BCUT2D eigenvalue weighted by atomic mass is 15.6. The molecule has 1 heterocycles. The van der Waals surface area contributed by atoms with Gasteiger partial charge in [-0.3, -0.25) is 0 Å². The van der Waals surface area contributed by atoms with Crippen LogP contribution in [0.2, 0.25) is 0 Å². The van der Waals surface area contributed by atoms with Gasteiger partial charge in [0.2, 0.25) is 0 Å². The van der Waals surface area contributed by atoms with Crippen LogP contribution in [0.5, 0.6) is 0 Å². The van der Waals surface area contributed by atoms with E-state index < -0.39 is 0 Å². The Hall–Kier alpha value is -2.04. The highest BCUT2D eigenvalue weighted by Crippen LogP contribution is 2.09. The minimum Gasteiger partial charge on any atom is -0.137 e. The van der Waals surface area contributed by atoms with Crippen LogP contribution >= 0.6 is 0 Å². The second kappa shape index (κ2) is 3.57. The normalized spacial score (nSPS) is 10.8. The summed E-state index contributed by atoms with van der Waals surface area (Å²) in [5.41, 5.74) is 0.790. The zero-order valence-corrected chi connectivity index (χ0v) is 6.78. The summed E-state index contributed by atoms with van der Waals surface area (Å²) in [5, 5.41) is 15.0. The van der Waals surface area contributed by atoms with Gasteiger partial charge in [0.25, 0.3) is 0 Å². The van der Waals surface area contributed by atoms with Gasteiger partial charge in [0.1, 0.15) is 0 Å². The summed E-state index contributed by atoms with van der Waals surface area (Å²) in [6.45, 7) is 0. The molecular weight excluding hydrogens is 166 g/mol. The maximum Gasteiger partial charge on any atom is 0.0875 e. The topological polar surface area (TPSA) is 55.4 Å². The van der Waals surface area contributed by atoms with Crippen LogP contribution in [0.25, 0.3) is 0 Å². The van der Waals surface area contributed by atoms with Crippen molar-refractivity contribution in [2.45, 2.75) is 0 Å². The zero-order valence-electron chi connectivity index (χ0n) is 6.78. The van der Waals surface area contributed by atoms with Crippen molar-refractivity contribution < 1.29 is 0 Å². The number of hydrogen-bond donors (Lipinski definition) is 0. The molecule has 2 rings (SSSR count). The average molecular weight is 173 g/mol. The molecule has 0 bridgehead atoms. The highest BCUT2D eigenvalue weighted by Gasteiger charge is 1.86. The smallest absolute Gasteiger partial charge is 0.0875 e. The Kier molecular flexibility index (Phi) is 2.09. The average Bonchev–Trinajstić information content (AvgIpc) is 2.69. The first kappa shape index (κ1) is 7.60. The quantitative estimate of drug-likeness (QED) is 0.650. The van der Waals surface area contributed by atoms with Crippen LogP contribution < -0.4 is 0 Å². The molecule has 5 nitrogen and oxygen atoms in total. The molecule has 0 N–H and O–H groups in total. The predicted molar refractivity (Wildman–Crippen MR) is 46.4 cm³/mol. The van der Waals surface area contributed by atoms with Gasteiger partial charge in [-0.15, -0.1) is 15.0 Å². The van der Waals surface area contributed by atoms with Crippen molar-refractivity contribution in [1.29, 1.82) is 0 Å². The molecule has 2 aromatic rings. The maximum absolute atomic E-state index is 3.93. The lowest BCUT2D eigenvalue weighted by Gasteiger charge is -1.88. The Morgan fingerprint density at radius 2 is 2.00 bits per heavy atom. The molecule has 0 aliphatic carbocycles. The fraction of sp³-hybridized carbons (Fsp3) is 0. The van der Waals surface area contributed by atoms with Crippen molar-refractivity contribution in [1.82, 2.24) is 15.1 Å². The zero-order chi connectivity index (χ0) is 8.93. The Morgan fingerprint density at radius 1 is 1.15 bits per heavy atom. The van der Waals surface area contributed by atoms with Gasteiger partial charge in [0, 0.05) is 0 Å². The largest absolute Gasteiger partial charge is 0.137 e. The fourth-order valence-electron chi connectivity index (χ4n) is 0.842. The molecule has 0 aliphatic rings. The fourth-order valence-corrected chi connectivity index (χ4v) is 0.842. The molecule has 0 radical (unpaired) electrons. The van der Waals surface area contributed by atoms with E-state index in [1.54, 1.807) is 12.4 Å². The predicted octanol–water partition coefficient (Wildman–Crippen LogP) is 1.83. The minimum atomic E-state index is 0.790. The van der Waals surface area contributed by atoms with Crippen LogP contribution in [0.1, 0.15) is 0 Å². The van der Waals surface area contributed by atoms with E-state index in [-0.39, 0.29) is 0 Å². The first-order valence-electron chi connectivity index (χ1n) is 3.78. The van der Waals surface area contributed by atoms with E-state index >= 15 is 0 Å². The van der Waals surface area contributed by atoms with Crippen molar-refractivity contribution in [2.24, 2.45) is 10.3 Å². The van der Waals surface area contributed by atoms with Crippen molar-refractivity contribution in [3.05, 3.63) is 42.7 Å². The third kappa shape index (κ3) is 1.96. The van der Waals surface area contributed by atoms with Crippen LogP contribution in [0.15, 0.2) is 53.1 Å². The summed E-state index contributed by atoms with van der Waals surface area (Å²) >= 11 is 0. The molecule has 0 saturated heterocycles. The van der Waals surface area contributed by atoms with E-state index in [1.165, 1.54) is 4.79 Å². The van der Waals surface area contributed by atoms with E-state index in [2.05, 4.69) is 20.6 Å². The van der Waals surface area contributed by atoms with Gasteiger partial charge in [0.05, 0.1) is 18.1 Å². The summed E-state index contributed by atoms with van der Waals surface area (Å²) in [6, 6.07) is 9.45. The summed E-state index contributed by atoms with van der Waals surface area (Å²) in [5.74, 6) is 0. The first-order valence-corrected chi connectivity index (χ1v) is 3.78. The Morgan fingerprint density at radius 3 is 2.69 bits per heavy atom. The molecule has 0 atom stereocenters. The third-order valence-electron chi connectivity index (χ3n) is 1.42. The van der Waals surface area contributed by atoms with Crippen LogP contribution in [0.3, 0.4) is 0 Å². The van der Waals surface area contributed by atoms with Gasteiger partial charge in [-0.2, -0.15) is 0 Å². The van der Waals surface area contributed by atoms with Crippen molar-refractivity contribution in [2.75, 3.05) is 0 Å². The summed E-state index contributed by atoms with van der Waals surface area (Å²) < 4.78 is 0. The van der Waals surface area contributed by atoms with E-state index in [0.717, 1.165) is 5.69 Å². The Labute approximate surface area is 74.7 Å². The lowest BCUT2D eigenvalue weighted by molar-refractivity contribution is 0.654. The van der Waals surface area contributed by atoms with Crippen LogP contribution in [-0.2, 0) is 0 Å². The molecule has 5 heteroatoms. The molecule has 0 fully saturated rings. The van der Waals surface area contributed by atoms with Crippen molar-refractivity contribution >= 4 is 5.69 Å². The second-order valence-electron chi connectivity index (χ2n) is 2.35. The van der Waals surface area contributed by atoms with Crippen molar-refractivity contribution in [3.8, 4) is 0 Å². The van der Waals surface area contributed by atoms with Crippen LogP contribution in [-0.4, -0.2) is 15.1 Å². The van der Waals surface area contributed by atoms with Crippen molar-refractivity contribution in [3.63, 3.8) is 0 Å². The number of rotatable bonds is 2. The molecule has 0 saturated carbocycles. The number of hydrogen-bond acceptors (Lipinski definition) is 4. The van der Waals surface area contributed by atoms with E-state index in [9.17, 15) is 0 Å². The monoisotopic (exact) mass is 173 g/mol. The number of aromatic nitrogens is 3. The molecule has 0 aliphatic heterocycles. The maximum atomic E-state index is 3.93. The second-order valence-corrected chi connectivity index (χ2v) is 2.35. The Balaban J connectivity index is 2.15. The summed E-state index contributed by atoms with van der Waals surface area (Å²) in [4.78, 5) is 1.30. The lowest BCUT2D eigenvalue weighted by atomic mass is 10.3. The molecule has 1 aromatic carbocycles. The third-order valence-corrected chi connectivity index (χ3v) is 1.42. The van der Waals surface area contributed by atoms with Crippen LogP contribution in [0.4, 0.5) is 5.69 Å². The van der Waals surface area contributed by atoms with Crippen LogP contribution in [0, 0.1) is 0 Å². The first-order chi connectivity index (χ1) is 6.45. The van der Waals surface area contributed by atoms with Gasteiger partial charge in [-0.25, -0.2) is 0 Å². The SMILES string of the molecule is c1ccc(N=Nn2ccnn2)cc1. The molecule has 0 spiro atoms. The van der Waals surface area contributed by atoms with Gasteiger partial charge in [-0.1, -0.05) is 18.2 Å². The molecule has 0 unspecified atom stereocenters. The molecule has 13 heavy (non-hydrogen) atoms. The molecule has 0 amide bonds. The van der Waals surface area contributed by atoms with E-state index in [0.29, 0.717) is 0 Å². The minimum absolute atomic E-state index is 0.790.